The van der Waals surface area contributed by atoms with Gasteiger partial charge in [-0.25, -0.2) is 0 Å². The van der Waals surface area contributed by atoms with Crippen molar-refractivity contribution < 1.29 is 0 Å². The van der Waals surface area contributed by atoms with Gasteiger partial charge in [0, 0.05) is 12.4 Å². The molecule has 1 N–H and O–H groups in total. The van der Waals surface area contributed by atoms with Crippen LogP contribution in [0.5, 0.6) is 0 Å². The van der Waals surface area contributed by atoms with Gasteiger partial charge in [0.15, 0.2) is 0 Å². The zero-order chi connectivity index (χ0) is 9.10. The predicted octanol–water partition coefficient (Wildman–Crippen LogP) is 2.64. The molecule has 15 heavy (non-hydrogen) atoms. The van der Waals surface area contributed by atoms with E-state index in [1.54, 1.807) is 0 Å². The third-order valence-corrected chi connectivity index (χ3v) is 2.90. The molecule has 2 nitrogen and oxygen atoms in total. The molecule has 0 spiro atoms. The minimum atomic E-state index is 0. The number of aromatic nitrogens is 1. The van der Waals surface area contributed by atoms with E-state index in [0.29, 0.717) is 5.92 Å². The Bertz CT molecular complexity index is 267. The molecule has 0 radical (unpaired) electrons. The number of hydrogen-bond acceptors (Lipinski definition) is 2. The van der Waals surface area contributed by atoms with Gasteiger partial charge >= 0.3 is 0 Å². The van der Waals surface area contributed by atoms with Gasteiger partial charge in [0.2, 0.25) is 0 Å². The number of halogens is 2. The number of hydrogen-bond donors (Lipinski definition) is 1. The van der Waals surface area contributed by atoms with Crippen LogP contribution in [0, 0.1) is 5.92 Å². The van der Waals surface area contributed by atoms with Gasteiger partial charge in [0.25, 0.3) is 0 Å². The zero-order valence-corrected chi connectivity index (χ0v) is 10.5. The Kier molecular flexibility index (Phi) is 6.90. The minimum absolute atomic E-state index is 0. The molecule has 1 aliphatic rings. The second-order valence-electron chi connectivity index (χ2n) is 3.86. The number of nitrogens with zero attached hydrogens (tertiary/aromatic N) is 1. The van der Waals surface area contributed by atoms with Crippen LogP contribution in [-0.4, -0.2) is 18.1 Å². The lowest BCUT2D eigenvalue weighted by Crippen LogP contribution is -2.33. The lowest BCUT2D eigenvalue weighted by atomic mass is 9.83. The fourth-order valence-corrected chi connectivity index (χ4v) is 2.10. The summed E-state index contributed by atoms with van der Waals surface area (Å²) in [6, 6.07) is 4.23. The normalized spacial score (nSPS) is 24.9. The molecule has 0 aromatic carbocycles. The maximum atomic E-state index is 4.17. The van der Waals surface area contributed by atoms with E-state index in [1.165, 1.54) is 12.0 Å². The summed E-state index contributed by atoms with van der Waals surface area (Å²) in [7, 11) is 0. The molecular weight excluding hydrogens is 231 g/mol. The van der Waals surface area contributed by atoms with Crippen LogP contribution in [0.25, 0.3) is 0 Å². The van der Waals surface area contributed by atoms with Gasteiger partial charge in [-0.15, -0.1) is 24.8 Å². The van der Waals surface area contributed by atoms with Crippen LogP contribution < -0.4 is 5.32 Å². The van der Waals surface area contributed by atoms with Gasteiger partial charge in [-0.2, -0.15) is 0 Å². The van der Waals surface area contributed by atoms with Crippen LogP contribution in [-0.2, 0) is 0 Å². The Balaban J connectivity index is 0.000000980. The first-order valence-corrected chi connectivity index (χ1v) is 4.98. The zero-order valence-electron chi connectivity index (χ0n) is 8.85. The van der Waals surface area contributed by atoms with Crippen LogP contribution >= 0.6 is 24.8 Å². The SMILES string of the molecule is CC1CNCCC1c1cccnc1.Cl.Cl. The molecule has 1 fully saturated rings. The molecule has 0 saturated carbocycles. The van der Waals surface area contributed by atoms with Gasteiger partial charge in [0.1, 0.15) is 0 Å². The van der Waals surface area contributed by atoms with Crippen molar-refractivity contribution in [1.82, 2.24) is 10.3 Å². The second-order valence-corrected chi connectivity index (χ2v) is 3.86. The minimum Gasteiger partial charge on any atom is -0.316 e. The largest absolute Gasteiger partial charge is 0.316 e. The molecule has 2 rings (SSSR count). The monoisotopic (exact) mass is 248 g/mol. The Morgan fingerprint density at radius 1 is 1.40 bits per heavy atom. The van der Waals surface area contributed by atoms with Crippen molar-refractivity contribution in [2.75, 3.05) is 13.1 Å². The molecule has 0 bridgehead atoms. The Morgan fingerprint density at radius 3 is 2.80 bits per heavy atom. The first-order valence-electron chi connectivity index (χ1n) is 4.98. The van der Waals surface area contributed by atoms with Crippen molar-refractivity contribution in [3.63, 3.8) is 0 Å². The third-order valence-electron chi connectivity index (χ3n) is 2.90. The maximum absolute atomic E-state index is 4.17. The van der Waals surface area contributed by atoms with Crippen LogP contribution in [0.1, 0.15) is 24.8 Å². The molecule has 2 atom stereocenters. The standard InChI is InChI=1S/C11H16N2.2ClH/c1-9-7-13-6-4-11(9)10-3-2-5-12-8-10;;/h2-3,5,8-9,11,13H,4,6-7H2,1H3;2*1H. The Morgan fingerprint density at radius 2 is 2.20 bits per heavy atom. The number of rotatable bonds is 1. The van der Waals surface area contributed by atoms with Crippen LogP contribution in [0.4, 0.5) is 0 Å². The molecule has 1 aliphatic heterocycles. The molecule has 0 aliphatic carbocycles. The van der Waals surface area contributed by atoms with E-state index >= 15 is 0 Å². The van der Waals surface area contributed by atoms with Gasteiger partial charge in [-0.3, -0.25) is 4.98 Å². The lowest BCUT2D eigenvalue weighted by molar-refractivity contribution is 0.349. The molecule has 1 aromatic heterocycles. The lowest BCUT2D eigenvalue weighted by Gasteiger charge is -2.29. The van der Waals surface area contributed by atoms with Crippen molar-refractivity contribution in [2.24, 2.45) is 5.92 Å². The van der Waals surface area contributed by atoms with Crippen molar-refractivity contribution in [3.05, 3.63) is 30.1 Å². The van der Waals surface area contributed by atoms with Gasteiger partial charge in [-0.1, -0.05) is 13.0 Å². The summed E-state index contributed by atoms with van der Waals surface area (Å²) in [6.45, 7) is 4.59. The average molecular weight is 249 g/mol. The van der Waals surface area contributed by atoms with Gasteiger partial charge in [0.05, 0.1) is 0 Å². The highest BCUT2D eigenvalue weighted by atomic mass is 35.5. The summed E-state index contributed by atoms with van der Waals surface area (Å²) < 4.78 is 0. The number of nitrogens with one attached hydrogen (secondary N) is 1. The number of piperidine rings is 1. The number of pyridine rings is 1. The molecular formula is C11H18Cl2N2. The molecule has 1 aromatic rings. The molecule has 86 valence electrons. The fourth-order valence-electron chi connectivity index (χ4n) is 2.10. The summed E-state index contributed by atoms with van der Waals surface area (Å²) >= 11 is 0. The molecule has 2 heterocycles. The summed E-state index contributed by atoms with van der Waals surface area (Å²) in [5.74, 6) is 1.44. The van der Waals surface area contributed by atoms with Crippen molar-refractivity contribution >= 4 is 24.8 Å². The second kappa shape index (κ2) is 7.04. The van der Waals surface area contributed by atoms with Crippen molar-refractivity contribution in [2.45, 2.75) is 19.3 Å². The third kappa shape index (κ3) is 3.63. The van der Waals surface area contributed by atoms with E-state index in [0.717, 1.165) is 19.0 Å². The fraction of sp³-hybridized carbons (Fsp3) is 0.545. The molecule has 2 unspecified atom stereocenters. The summed E-state index contributed by atoms with van der Waals surface area (Å²) in [5, 5.41) is 3.41. The smallest absolute Gasteiger partial charge is 0.0302 e. The van der Waals surface area contributed by atoms with E-state index in [9.17, 15) is 0 Å². The first-order chi connectivity index (χ1) is 6.38. The molecule has 0 amide bonds. The van der Waals surface area contributed by atoms with E-state index < -0.39 is 0 Å². The van der Waals surface area contributed by atoms with E-state index in [-0.39, 0.29) is 24.8 Å². The summed E-state index contributed by atoms with van der Waals surface area (Å²) in [5.41, 5.74) is 1.40. The maximum Gasteiger partial charge on any atom is 0.0302 e. The highest BCUT2D eigenvalue weighted by molar-refractivity contribution is 5.85. The molecule has 1 saturated heterocycles. The Hall–Kier alpha value is -0.310. The van der Waals surface area contributed by atoms with E-state index in [2.05, 4.69) is 23.3 Å². The summed E-state index contributed by atoms with van der Waals surface area (Å²) in [4.78, 5) is 4.17. The van der Waals surface area contributed by atoms with Crippen molar-refractivity contribution in [3.8, 4) is 0 Å². The Labute approximate surface area is 104 Å². The summed E-state index contributed by atoms with van der Waals surface area (Å²) in [6.07, 6.45) is 5.09. The highest BCUT2D eigenvalue weighted by Crippen LogP contribution is 2.28. The topological polar surface area (TPSA) is 24.9 Å². The van der Waals surface area contributed by atoms with Gasteiger partial charge < -0.3 is 5.32 Å². The quantitative estimate of drug-likeness (QED) is 0.827. The van der Waals surface area contributed by atoms with E-state index in [1.807, 2.05) is 18.5 Å². The van der Waals surface area contributed by atoms with E-state index in [4.69, 9.17) is 0 Å². The van der Waals surface area contributed by atoms with Crippen molar-refractivity contribution in [1.29, 1.82) is 0 Å². The van der Waals surface area contributed by atoms with Gasteiger partial charge in [-0.05, 0) is 43.0 Å². The predicted molar refractivity (Wildman–Crippen MR) is 68.1 cm³/mol. The van der Waals surface area contributed by atoms with Crippen LogP contribution in [0.15, 0.2) is 24.5 Å². The average Bonchev–Trinajstić information content (AvgIpc) is 2.20. The van der Waals surface area contributed by atoms with Crippen LogP contribution in [0.3, 0.4) is 0 Å². The highest BCUT2D eigenvalue weighted by Gasteiger charge is 2.22. The van der Waals surface area contributed by atoms with Crippen LogP contribution in [0.2, 0.25) is 0 Å². The first kappa shape index (κ1) is 14.7. The molecule has 4 heteroatoms.